The fourth-order valence-corrected chi connectivity index (χ4v) is 2.82. The molecule has 0 aliphatic heterocycles. The van der Waals surface area contributed by atoms with Gasteiger partial charge in [0.2, 0.25) is 5.89 Å². The van der Waals surface area contributed by atoms with Crippen molar-refractivity contribution in [3.05, 3.63) is 30.0 Å². The zero-order valence-electron chi connectivity index (χ0n) is 12.8. The van der Waals surface area contributed by atoms with Gasteiger partial charge >= 0.3 is 0 Å². The Morgan fingerprint density at radius 3 is 2.87 bits per heavy atom. The van der Waals surface area contributed by atoms with E-state index in [9.17, 15) is 4.79 Å². The fourth-order valence-electron chi connectivity index (χ4n) is 2.82. The van der Waals surface area contributed by atoms with Crippen LogP contribution in [0.1, 0.15) is 60.3 Å². The van der Waals surface area contributed by atoms with Gasteiger partial charge in [0.15, 0.2) is 11.5 Å². The third kappa shape index (κ3) is 4.08. The van der Waals surface area contributed by atoms with Crippen LogP contribution in [0.2, 0.25) is 0 Å². The SMILES string of the molecule is Cl.NCc1nc(C(=O)NCc2nncn2C2CCCCC2)co1. The number of nitrogens with two attached hydrogens (primary N) is 1. The van der Waals surface area contributed by atoms with Crippen molar-refractivity contribution < 1.29 is 9.21 Å². The Hall–Kier alpha value is -1.93. The number of carbonyl (C=O) groups is 1. The monoisotopic (exact) mass is 340 g/mol. The van der Waals surface area contributed by atoms with E-state index >= 15 is 0 Å². The van der Waals surface area contributed by atoms with Crippen molar-refractivity contribution in [2.75, 3.05) is 0 Å². The molecule has 1 saturated carbocycles. The van der Waals surface area contributed by atoms with Crippen LogP contribution >= 0.6 is 12.4 Å². The van der Waals surface area contributed by atoms with Crippen molar-refractivity contribution in [1.82, 2.24) is 25.1 Å². The van der Waals surface area contributed by atoms with Crippen LogP contribution in [-0.4, -0.2) is 25.7 Å². The molecule has 1 aliphatic rings. The van der Waals surface area contributed by atoms with Gasteiger partial charge in [0.1, 0.15) is 12.6 Å². The average molecular weight is 341 g/mol. The van der Waals surface area contributed by atoms with Crippen LogP contribution in [-0.2, 0) is 13.1 Å². The van der Waals surface area contributed by atoms with Crippen molar-refractivity contribution in [3.63, 3.8) is 0 Å². The Morgan fingerprint density at radius 1 is 1.39 bits per heavy atom. The highest BCUT2D eigenvalue weighted by molar-refractivity contribution is 5.91. The number of rotatable bonds is 5. The fraction of sp³-hybridized carbons (Fsp3) is 0.571. The average Bonchev–Trinajstić information content (AvgIpc) is 3.22. The van der Waals surface area contributed by atoms with E-state index in [1.807, 2.05) is 0 Å². The van der Waals surface area contributed by atoms with E-state index < -0.39 is 0 Å². The molecule has 8 nitrogen and oxygen atoms in total. The topological polar surface area (TPSA) is 112 Å². The summed E-state index contributed by atoms with van der Waals surface area (Å²) >= 11 is 0. The molecule has 0 atom stereocenters. The van der Waals surface area contributed by atoms with E-state index in [0.29, 0.717) is 18.5 Å². The number of nitrogens with zero attached hydrogens (tertiary/aromatic N) is 4. The number of hydrogen-bond donors (Lipinski definition) is 2. The second-order valence-corrected chi connectivity index (χ2v) is 5.46. The van der Waals surface area contributed by atoms with Gasteiger partial charge in [-0.3, -0.25) is 4.79 Å². The minimum atomic E-state index is -0.304. The summed E-state index contributed by atoms with van der Waals surface area (Å²) in [5.41, 5.74) is 5.63. The highest BCUT2D eigenvalue weighted by atomic mass is 35.5. The summed E-state index contributed by atoms with van der Waals surface area (Å²) in [6, 6.07) is 0.437. The highest BCUT2D eigenvalue weighted by Gasteiger charge is 2.19. The molecule has 2 heterocycles. The predicted molar refractivity (Wildman–Crippen MR) is 85.0 cm³/mol. The Labute approximate surface area is 140 Å². The summed E-state index contributed by atoms with van der Waals surface area (Å²) in [6.45, 7) is 0.490. The maximum atomic E-state index is 12.0. The minimum Gasteiger partial charge on any atom is -0.447 e. The summed E-state index contributed by atoms with van der Waals surface area (Å²) in [4.78, 5) is 16.0. The van der Waals surface area contributed by atoms with Gasteiger partial charge in [0.05, 0.1) is 13.1 Å². The molecule has 0 spiro atoms. The van der Waals surface area contributed by atoms with Crippen molar-refractivity contribution in [3.8, 4) is 0 Å². The summed E-state index contributed by atoms with van der Waals surface area (Å²) < 4.78 is 7.14. The lowest BCUT2D eigenvalue weighted by atomic mass is 9.95. The van der Waals surface area contributed by atoms with Crippen molar-refractivity contribution >= 4 is 18.3 Å². The number of aromatic nitrogens is 4. The molecule has 23 heavy (non-hydrogen) atoms. The Morgan fingerprint density at radius 2 is 2.17 bits per heavy atom. The van der Waals surface area contributed by atoms with Crippen LogP contribution in [0.4, 0.5) is 0 Å². The first-order valence-corrected chi connectivity index (χ1v) is 7.59. The summed E-state index contributed by atoms with van der Waals surface area (Å²) in [5, 5.41) is 10.9. The number of halogens is 1. The van der Waals surface area contributed by atoms with Gasteiger partial charge in [-0.15, -0.1) is 22.6 Å². The highest BCUT2D eigenvalue weighted by Crippen LogP contribution is 2.28. The first kappa shape index (κ1) is 17.4. The molecular formula is C14H21ClN6O2. The molecule has 2 aromatic heterocycles. The van der Waals surface area contributed by atoms with Crippen LogP contribution in [0.3, 0.4) is 0 Å². The molecule has 0 unspecified atom stereocenters. The van der Waals surface area contributed by atoms with E-state index in [1.165, 1.54) is 25.5 Å². The van der Waals surface area contributed by atoms with Gasteiger partial charge in [-0.05, 0) is 12.8 Å². The van der Waals surface area contributed by atoms with Gasteiger partial charge in [0, 0.05) is 6.04 Å². The molecule has 3 rings (SSSR count). The van der Waals surface area contributed by atoms with Gasteiger partial charge in [-0.1, -0.05) is 19.3 Å². The van der Waals surface area contributed by atoms with Gasteiger partial charge < -0.3 is 20.0 Å². The molecule has 3 N–H and O–H groups in total. The standard InChI is InChI=1S/C14H20N6O2.ClH/c15-6-13-18-11(8-22-13)14(21)16-7-12-19-17-9-20(12)10-4-2-1-3-5-10;/h8-10H,1-7,15H2,(H,16,21);1H. The molecule has 0 bridgehead atoms. The van der Waals surface area contributed by atoms with Crippen LogP contribution in [0.15, 0.2) is 17.0 Å². The van der Waals surface area contributed by atoms with Gasteiger partial charge in [0.25, 0.3) is 5.91 Å². The van der Waals surface area contributed by atoms with Gasteiger partial charge in [-0.2, -0.15) is 0 Å². The molecule has 0 radical (unpaired) electrons. The third-order valence-electron chi connectivity index (χ3n) is 3.98. The second kappa shape index (κ2) is 8.07. The summed E-state index contributed by atoms with van der Waals surface area (Å²) in [5.74, 6) is 0.806. The quantitative estimate of drug-likeness (QED) is 0.854. The second-order valence-electron chi connectivity index (χ2n) is 5.46. The van der Waals surface area contributed by atoms with Gasteiger partial charge in [-0.25, -0.2) is 4.98 Å². The molecule has 9 heteroatoms. The normalized spacial score (nSPS) is 15.2. The maximum Gasteiger partial charge on any atom is 0.273 e. The predicted octanol–water partition coefficient (Wildman–Crippen LogP) is 1.58. The molecule has 1 fully saturated rings. The van der Waals surface area contributed by atoms with Crippen LogP contribution in [0.5, 0.6) is 0 Å². The van der Waals surface area contributed by atoms with E-state index in [-0.39, 0.29) is 30.6 Å². The number of nitrogens with one attached hydrogen (secondary N) is 1. The lowest BCUT2D eigenvalue weighted by Gasteiger charge is -2.23. The number of amides is 1. The Bertz CT molecular complexity index is 635. The lowest BCUT2D eigenvalue weighted by Crippen LogP contribution is -2.26. The van der Waals surface area contributed by atoms with Crippen LogP contribution in [0.25, 0.3) is 0 Å². The Balaban J connectivity index is 0.00000192. The first-order chi connectivity index (χ1) is 10.8. The number of oxazole rings is 1. The molecule has 1 amide bonds. The molecule has 126 valence electrons. The molecule has 0 saturated heterocycles. The van der Waals surface area contributed by atoms with Crippen molar-refractivity contribution in [2.24, 2.45) is 5.73 Å². The largest absolute Gasteiger partial charge is 0.447 e. The molecule has 2 aromatic rings. The van der Waals surface area contributed by atoms with Crippen LogP contribution in [0, 0.1) is 0 Å². The first-order valence-electron chi connectivity index (χ1n) is 7.59. The van der Waals surface area contributed by atoms with Crippen molar-refractivity contribution in [2.45, 2.75) is 51.2 Å². The smallest absolute Gasteiger partial charge is 0.273 e. The van der Waals surface area contributed by atoms with E-state index in [1.54, 1.807) is 6.33 Å². The summed E-state index contributed by atoms with van der Waals surface area (Å²) in [6.07, 6.45) is 9.10. The third-order valence-corrected chi connectivity index (χ3v) is 3.98. The van der Waals surface area contributed by atoms with Crippen LogP contribution < -0.4 is 11.1 Å². The van der Waals surface area contributed by atoms with E-state index in [2.05, 4.69) is 25.1 Å². The van der Waals surface area contributed by atoms with E-state index in [4.69, 9.17) is 10.2 Å². The lowest BCUT2D eigenvalue weighted by molar-refractivity contribution is 0.0944. The molecular weight excluding hydrogens is 320 g/mol. The zero-order valence-corrected chi connectivity index (χ0v) is 13.6. The Kier molecular flexibility index (Phi) is 6.12. The number of carbonyl (C=O) groups excluding carboxylic acids is 1. The van der Waals surface area contributed by atoms with Crippen molar-refractivity contribution in [1.29, 1.82) is 0 Å². The molecule has 0 aromatic carbocycles. The number of hydrogen-bond acceptors (Lipinski definition) is 6. The van der Waals surface area contributed by atoms with E-state index in [0.717, 1.165) is 18.7 Å². The summed E-state index contributed by atoms with van der Waals surface area (Å²) in [7, 11) is 0. The minimum absolute atomic E-state index is 0. The maximum absolute atomic E-state index is 12.0. The molecule has 1 aliphatic carbocycles. The zero-order chi connectivity index (χ0) is 15.4.